The van der Waals surface area contributed by atoms with Crippen LogP contribution >= 0.6 is 11.3 Å². The van der Waals surface area contributed by atoms with E-state index in [1.165, 1.54) is 16.9 Å². The minimum absolute atomic E-state index is 0.0785. The first-order valence-electron chi connectivity index (χ1n) is 7.24. The average molecular weight is 320 g/mol. The summed E-state index contributed by atoms with van der Waals surface area (Å²) >= 11 is 1.46. The lowest BCUT2D eigenvalue weighted by molar-refractivity contribution is 0.0900. The number of amides is 1. The molecule has 0 saturated carbocycles. The molecule has 2 rings (SSSR count). The second-order valence-corrected chi connectivity index (χ2v) is 5.92. The number of carbonyl (C=O) groups is 1. The number of benzene rings is 1. The van der Waals surface area contributed by atoms with Crippen LogP contribution in [-0.4, -0.2) is 40.4 Å². The van der Waals surface area contributed by atoms with Gasteiger partial charge in [0.2, 0.25) is 0 Å². The number of aromatic nitrogens is 1. The second-order valence-electron chi connectivity index (χ2n) is 4.98. The van der Waals surface area contributed by atoms with Gasteiger partial charge in [-0.3, -0.25) is 4.79 Å². The summed E-state index contributed by atoms with van der Waals surface area (Å²) in [6.45, 7) is -0.276. The number of carbonyl (C=O) groups excluding carboxylic acids is 1. The molecule has 0 unspecified atom stereocenters. The largest absolute Gasteiger partial charge is 0.396 e. The average Bonchev–Trinajstić information content (AvgIpc) is 3.02. The fourth-order valence-electron chi connectivity index (χ4n) is 2.05. The topological polar surface area (TPSA) is 82.5 Å². The number of nitrogens with one attached hydrogen (secondary N) is 1. The third-order valence-corrected chi connectivity index (χ3v) is 4.20. The van der Waals surface area contributed by atoms with Gasteiger partial charge in [0, 0.05) is 18.4 Å². The number of aliphatic hydroxyl groups is 2. The SMILES string of the molecule is O=C(N[C@@H](CO)CCO)c1csc(CCc2ccccc2)n1. The van der Waals surface area contributed by atoms with Crippen molar-refractivity contribution < 1.29 is 15.0 Å². The van der Waals surface area contributed by atoms with Gasteiger partial charge in [-0.1, -0.05) is 30.3 Å². The van der Waals surface area contributed by atoms with Crippen molar-refractivity contribution in [2.24, 2.45) is 0 Å². The number of hydrogen-bond acceptors (Lipinski definition) is 5. The summed E-state index contributed by atoms with van der Waals surface area (Å²) in [6.07, 6.45) is 2.01. The lowest BCUT2D eigenvalue weighted by Gasteiger charge is -2.13. The van der Waals surface area contributed by atoms with E-state index in [0.29, 0.717) is 12.1 Å². The number of thiazole rings is 1. The van der Waals surface area contributed by atoms with Crippen LogP contribution in [0.3, 0.4) is 0 Å². The molecule has 6 heteroatoms. The van der Waals surface area contributed by atoms with Crippen molar-refractivity contribution in [2.45, 2.75) is 25.3 Å². The molecule has 0 fully saturated rings. The van der Waals surface area contributed by atoms with Gasteiger partial charge in [0.1, 0.15) is 5.69 Å². The first kappa shape index (κ1) is 16.6. The molecule has 1 heterocycles. The fraction of sp³-hybridized carbons (Fsp3) is 0.375. The number of aryl methyl sites for hydroxylation is 2. The summed E-state index contributed by atoms with van der Waals surface area (Å²) < 4.78 is 0. The number of rotatable bonds is 8. The Hall–Kier alpha value is -1.76. The summed E-state index contributed by atoms with van der Waals surface area (Å²) in [5, 5.41) is 23.3. The van der Waals surface area contributed by atoms with Gasteiger partial charge in [0.25, 0.3) is 5.91 Å². The molecule has 1 aromatic heterocycles. The smallest absolute Gasteiger partial charge is 0.271 e. The van der Waals surface area contributed by atoms with Crippen LogP contribution in [0.1, 0.15) is 27.5 Å². The third-order valence-electron chi connectivity index (χ3n) is 3.29. The van der Waals surface area contributed by atoms with Crippen LogP contribution in [-0.2, 0) is 12.8 Å². The zero-order chi connectivity index (χ0) is 15.8. The molecule has 22 heavy (non-hydrogen) atoms. The highest BCUT2D eigenvalue weighted by atomic mass is 32.1. The Kier molecular flexibility index (Phi) is 6.51. The molecular formula is C16H20N2O3S. The molecule has 3 N–H and O–H groups in total. The van der Waals surface area contributed by atoms with Crippen LogP contribution < -0.4 is 5.32 Å². The molecule has 0 aliphatic carbocycles. The summed E-state index contributed by atoms with van der Waals surface area (Å²) in [7, 11) is 0. The molecule has 5 nitrogen and oxygen atoms in total. The highest BCUT2D eigenvalue weighted by Gasteiger charge is 2.15. The van der Waals surface area contributed by atoms with Crippen molar-refractivity contribution in [1.29, 1.82) is 0 Å². The van der Waals surface area contributed by atoms with Crippen molar-refractivity contribution in [3.05, 3.63) is 52.0 Å². The van der Waals surface area contributed by atoms with Crippen molar-refractivity contribution in [2.75, 3.05) is 13.2 Å². The lowest BCUT2D eigenvalue weighted by atomic mass is 10.1. The summed E-state index contributed by atoms with van der Waals surface area (Å²) in [5.74, 6) is -0.310. The molecule has 0 aliphatic rings. The molecule has 1 atom stereocenters. The molecular weight excluding hydrogens is 300 g/mol. The Morgan fingerprint density at radius 3 is 2.68 bits per heavy atom. The van der Waals surface area contributed by atoms with Gasteiger partial charge in [0.05, 0.1) is 17.7 Å². The van der Waals surface area contributed by atoms with Crippen LogP contribution in [0.4, 0.5) is 0 Å². The van der Waals surface area contributed by atoms with E-state index < -0.39 is 6.04 Å². The normalized spacial score (nSPS) is 12.1. The maximum atomic E-state index is 12.0. The number of nitrogens with zero attached hydrogens (tertiary/aromatic N) is 1. The van der Waals surface area contributed by atoms with Gasteiger partial charge in [-0.05, 0) is 18.4 Å². The maximum Gasteiger partial charge on any atom is 0.271 e. The third kappa shape index (κ3) is 4.91. The van der Waals surface area contributed by atoms with Gasteiger partial charge in [-0.25, -0.2) is 4.98 Å². The van der Waals surface area contributed by atoms with Gasteiger partial charge >= 0.3 is 0 Å². The van der Waals surface area contributed by atoms with Gasteiger partial charge in [-0.15, -0.1) is 11.3 Å². The monoisotopic (exact) mass is 320 g/mol. The molecule has 0 aliphatic heterocycles. The Morgan fingerprint density at radius 2 is 2.00 bits per heavy atom. The molecule has 0 saturated heterocycles. The molecule has 1 amide bonds. The van der Waals surface area contributed by atoms with Gasteiger partial charge in [0.15, 0.2) is 0 Å². The zero-order valence-electron chi connectivity index (χ0n) is 12.2. The van der Waals surface area contributed by atoms with Crippen molar-refractivity contribution >= 4 is 17.2 Å². The van der Waals surface area contributed by atoms with E-state index in [2.05, 4.69) is 22.4 Å². The van der Waals surface area contributed by atoms with Crippen LogP contribution in [0.15, 0.2) is 35.7 Å². The van der Waals surface area contributed by atoms with Crippen LogP contribution in [0.5, 0.6) is 0 Å². The molecule has 1 aromatic carbocycles. The minimum atomic E-state index is -0.438. The molecule has 0 spiro atoms. The minimum Gasteiger partial charge on any atom is -0.396 e. The van der Waals surface area contributed by atoms with Crippen molar-refractivity contribution in [3.8, 4) is 0 Å². The Bertz CT molecular complexity index is 586. The Labute approximate surface area is 133 Å². The molecule has 2 aromatic rings. The Balaban J connectivity index is 1.89. The number of hydrogen-bond donors (Lipinski definition) is 3. The summed E-state index contributed by atoms with van der Waals surface area (Å²) in [5.41, 5.74) is 1.61. The first-order chi connectivity index (χ1) is 10.7. The van der Waals surface area contributed by atoms with E-state index in [4.69, 9.17) is 10.2 Å². The van der Waals surface area contributed by atoms with Crippen LogP contribution in [0, 0.1) is 0 Å². The van der Waals surface area contributed by atoms with E-state index in [9.17, 15) is 4.79 Å². The van der Waals surface area contributed by atoms with E-state index in [0.717, 1.165) is 17.8 Å². The summed E-state index contributed by atoms with van der Waals surface area (Å²) in [4.78, 5) is 16.4. The van der Waals surface area contributed by atoms with E-state index in [1.807, 2.05) is 18.2 Å². The second kappa shape index (κ2) is 8.63. The van der Waals surface area contributed by atoms with Crippen molar-refractivity contribution in [3.63, 3.8) is 0 Å². The Morgan fingerprint density at radius 1 is 1.23 bits per heavy atom. The van der Waals surface area contributed by atoms with Crippen LogP contribution in [0.25, 0.3) is 0 Å². The predicted octanol–water partition coefficient (Wildman–Crippen LogP) is 1.40. The summed E-state index contributed by atoms with van der Waals surface area (Å²) in [6, 6.07) is 9.70. The fourth-order valence-corrected chi connectivity index (χ4v) is 2.83. The van der Waals surface area contributed by atoms with Crippen LogP contribution in [0.2, 0.25) is 0 Å². The van der Waals surface area contributed by atoms with E-state index >= 15 is 0 Å². The quantitative estimate of drug-likeness (QED) is 0.687. The first-order valence-corrected chi connectivity index (χ1v) is 8.11. The zero-order valence-corrected chi connectivity index (χ0v) is 13.1. The molecule has 0 bridgehead atoms. The highest BCUT2D eigenvalue weighted by Crippen LogP contribution is 2.13. The van der Waals surface area contributed by atoms with Gasteiger partial charge in [-0.2, -0.15) is 0 Å². The molecule has 118 valence electrons. The number of aliphatic hydroxyl groups excluding tert-OH is 2. The lowest BCUT2D eigenvalue weighted by Crippen LogP contribution is -2.38. The van der Waals surface area contributed by atoms with Gasteiger partial charge < -0.3 is 15.5 Å². The van der Waals surface area contributed by atoms with Crippen molar-refractivity contribution in [1.82, 2.24) is 10.3 Å². The highest BCUT2D eigenvalue weighted by molar-refractivity contribution is 7.09. The standard InChI is InChI=1S/C16H20N2O3S/c19-9-8-13(10-20)17-16(21)14-11-22-15(18-14)7-6-12-4-2-1-3-5-12/h1-5,11,13,19-20H,6-10H2,(H,17,21)/t13-/m1/s1. The predicted molar refractivity (Wildman–Crippen MR) is 86.0 cm³/mol. The van der Waals surface area contributed by atoms with E-state index in [1.54, 1.807) is 5.38 Å². The molecule has 0 radical (unpaired) electrons. The van der Waals surface area contributed by atoms with E-state index in [-0.39, 0.29) is 19.1 Å². The maximum absolute atomic E-state index is 12.0.